The summed E-state index contributed by atoms with van der Waals surface area (Å²) in [6.45, 7) is 9.45. The molecule has 1 aliphatic carbocycles. The van der Waals surface area contributed by atoms with Crippen molar-refractivity contribution in [2.75, 3.05) is 52.5 Å². The van der Waals surface area contributed by atoms with Crippen LogP contribution in [0.2, 0.25) is 0 Å². The summed E-state index contributed by atoms with van der Waals surface area (Å²) in [5.74, 6) is 1.82. The lowest BCUT2D eigenvalue weighted by Crippen LogP contribution is -2.40. The first-order valence-corrected chi connectivity index (χ1v) is 8.07. The molecule has 3 heteroatoms. The maximum absolute atomic E-state index is 5.43. The summed E-state index contributed by atoms with van der Waals surface area (Å²) in [7, 11) is 0. The summed E-state index contributed by atoms with van der Waals surface area (Å²) in [5.41, 5.74) is 0. The van der Waals surface area contributed by atoms with E-state index in [-0.39, 0.29) is 0 Å². The van der Waals surface area contributed by atoms with Gasteiger partial charge in [-0.3, -0.25) is 4.90 Å². The Balaban J connectivity index is 1.38. The Bertz CT molecular complexity index is 299. The minimum absolute atomic E-state index is 0.900. The Morgan fingerprint density at radius 2 is 1.74 bits per heavy atom. The first-order valence-electron chi connectivity index (χ1n) is 8.07. The van der Waals surface area contributed by atoms with Gasteiger partial charge in [-0.2, -0.15) is 0 Å². The summed E-state index contributed by atoms with van der Waals surface area (Å²) >= 11 is 0. The van der Waals surface area contributed by atoms with Gasteiger partial charge in [0.25, 0.3) is 0 Å². The number of hydrogen-bond donors (Lipinski definition) is 0. The van der Waals surface area contributed by atoms with Crippen LogP contribution in [-0.4, -0.2) is 62.3 Å². The molecule has 0 aromatic carbocycles. The first-order chi connectivity index (χ1) is 9.40. The highest BCUT2D eigenvalue weighted by molar-refractivity contribution is 4.91. The van der Waals surface area contributed by atoms with E-state index in [4.69, 9.17) is 4.74 Å². The van der Waals surface area contributed by atoms with Crippen LogP contribution in [0, 0.1) is 11.8 Å². The largest absolute Gasteiger partial charge is 0.379 e. The normalized spacial score (nSPS) is 33.9. The fourth-order valence-electron chi connectivity index (χ4n) is 3.76. The quantitative estimate of drug-likeness (QED) is 0.722. The number of allylic oxidation sites excluding steroid dienone is 2. The maximum Gasteiger partial charge on any atom is 0.0594 e. The zero-order chi connectivity index (χ0) is 12.9. The Hall–Kier alpha value is -0.380. The van der Waals surface area contributed by atoms with Crippen LogP contribution in [0.25, 0.3) is 0 Å². The summed E-state index contributed by atoms with van der Waals surface area (Å²) in [4.78, 5) is 5.32. The van der Waals surface area contributed by atoms with Gasteiger partial charge in [0, 0.05) is 32.7 Å². The van der Waals surface area contributed by atoms with Gasteiger partial charge >= 0.3 is 0 Å². The number of rotatable bonds is 4. The van der Waals surface area contributed by atoms with Gasteiger partial charge in [-0.25, -0.2) is 0 Å². The van der Waals surface area contributed by atoms with Crippen LogP contribution < -0.4 is 0 Å². The van der Waals surface area contributed by atoms with Crippen LogP contribution >= 0.6 is 0 Å². The molecule has 3 aliphatic rings. The third-order valence-corrected chi connectivity index (χ3v) is 4.88. The average molecular weight is 264 g/mol. The molecule has 108 valence electrons. The molecule has 2 fully saturated rings. The molecule has 0 bridgehead atoms. The van der Waals surface area contributed by atoms with E-state index in [1.165, 1.54) is 51.9 Å². The molecule has 0 saturated carbocycles. The number of nitrogens with zero attached hydrogens (tertiary/aromatic N) is 2. The lowest BCUT2D eigenvalue weighted by atomic mass is 9.94. The molecule has 0 amide bonds. The van der Waals surface area contributed by atoms with Gasteiger partial charge in [-0.15, -0.1) is 0 Å². The highest BCUT2D eigenvalue weighted by Crippen LogP contribution is 2.24. The van der Waals surface area contributed by atoms with E-state index in [9.17, 15) is 0 Å². The Kier molecular flexibility index (Phi) is 4.91. The van der Waals surface area contributed by atoms with E-state index in [0.717, 1.165) is 38.1 Å². The highest BCUT2D eigenvalue weighted by Gasteiger charge is 2.26. The van der Waals surface area contributed by atoms with Crippen molar-refractivity contribution in [2.45, 2.75) is 25.7 Å². The monoisotopic (exact) mass is 264 g/mol. The molecule has 2 atom stereocenters. The Morgan fingerprint density at radius 1 is 0.895 bits per heavy atom. The second-order valence-corrected chi connectivity index (χ2v) is 6.48. The van der Waals surface area contributed by atoms with Crippen LogP contribution in [0.3, 0.4) is 0 Å². The molecule has 0 spiro atoms. The predicted octanol–water partition coefficient (Wildman–Crippen LogP) is 2.00. The van der Waals surface area contributed by atoms with Gasteiger partial charge in [0.05, 0.1) is 13.2 Å². The minimum atomic E-state index is 0.900. The van der Waals surface area contributed by atoms with Crippen LogP contribution in [0.5, 0.6) is 0 Å². The van der Waals surface area contributed by atoms with Crippen LogP contribution in [0.15, 0.2) is 12.2 Å². The first kappa shape index (κ1) is 13.6. The van der Waals surface area contributed by atoms with E-state index in [2.05, 4.69) is 22.0 Å². The van der Waals surface area contributed by atoms with Crippen molar-refractivity contribution >= 4 is 0 Å². The number of hydrogen-bond acceptors (Lipinski definition) is 3. The molecule has 0 radical (unpaired) electrons. The maximum atomic E-state index is 5.43. The number of ether oxygens (including phenoxy) is 1. The summed E-state index contributed by atoms with van der Waals surface area (Å²) in [6, 6.07) is 0. The third-order valence-electron chi connectivity index (χ3n) is 4.88. The molecule has 2 heterocycles. The van der Waals surface area contributed by atoms with E-state index in [1.54, 1.807) is 0 Å². The van der Waals surface area contributed by atoms with Gasteiger partial charge in [-0.05, 0) is 44.1 Å². The Labute approximate surface area is 117 Å². The third kappa shape index (κ3) is 4.04. The standard InChI is InChI=1S/C16H28N2O/c1-2-4-15(5-3-1)12-18-7-6-16(14-18)13-17-8-10-19-11-9-17/h1-2,15-16H,3-14H2/t15-,16-/m0/s1. The van der Waals surface area contributed by atoms with Gasteiger partial charge in [0.1, 0.15) is 0 Å². The fourth-order valence-corrected chi connectivity index (χ4v) is 3.76. The zero-order valence-corrected chi connectivity index (χ0v) is 12.1. The molecule has 2 saturated heterocycles. The molecule has 2 aliphatic heterocycles. The summed E-state index contributed by atoms with van der Waals surface area (Å²) in [6.07, 6.45) is 10.2. The molecule has 0 aromatic heterocycles. The molecule has 0 unspecified atom stereocenters. The molecule has 3 rings (SSSR count). The SMILES string of the molecule is C1=CC[C@H](CN2CC[C@@H](CN3CCOCC3)C2)CC1. The van der Waals surface area contributed by atoms with Crippen LogP contribution in [-0.2, 0) is 4.74 Å². The molecular weight excluding hydrogens is 236 g/mol. The number of likely N-dealkylation sites (tertiary alicyclic amines) is 1. The molecule has 0 aromatic rings. The topological polar surface area (TPSA) is 15.7 Å². The van der Waals surface area contributed by atoms with Crippen LogP contribution in [0.4, 0.5) is 0 Å². The molecular formula is C16H28N2O. The van der Waals surface area contributed by atoms with Crippen molar-refractivity contribution in [3.8, 4) is 0 Å². The van der Waals surface area contributed by atoms with Gasteiger partial charge in [-0.1, -0.05) is 12.2 Å². The summed E-state index contributed by atoms with van der Waals surface area (Å²) in [5, 5.41) is 0. The van der Waals surface area contributed by atoms with E-state index in [0.29, 0.717) is 0 Å². The zero-order valence-electron chi connectivity index (χ0n) is 12.1. The second-order valence-electron chi connectivity index (χ2n) is 6.48. The fraction of sp³-hybridized carbons (Fsp3) is 0.875. The Morgan fingerprint density at radius 3 is 2.53 bits per heavy atom. The highest BCUT2D eigenvalue weighted by atomic mass is 16.5. The van der Waals surface area contributed by atoms with Crippen molar-refractivity contribution in [3.63, 3.8) is 0 Å². The lowest BCUT2D eigenvalue weighted by Gasteiger charge is -2.29. The van der Waals surface area contributed by atoms with Crippen molar-refractivity contribution in [1.29, 1.82) is 0 Å². The van der Waals surface area contributed by atoms with Crippen molar-refractivity contribution < 1.29 is 4.74 Å². The molecule has 3 nitrogen and oxygen atoms in total. The second kappa shape index (κ2) is 6.87. The smallest absolute Gasteiger partial charge is 0.0594 e. The lowest BCUT2D eigenvalue weighted by molar-refractivity contribution is 0.0311. The van der Waals surface area contributed by atoms with Crippen molar-refractivity contribution in [1.82, 2.24) is 9.80 Å². The van der Waals surface area contributed by atoms with E-state index in [1.807, 2.05) is 0 Å². The molecule has 19 heavy (non-hydrogen) atoms. The molecule has 0 N–H and O–H groups in total. The van der Waals surface area contributed by atoms with Crippen molar-refractivity contribution in [3.05, 3.63) is 12.2 Å². The van der Waals surface area contributed by atoms with Crippen LogP contribution in [0.1, 0.15) is 25.7 Å². The minimum Gasteiger partial charge on any atom is -0.379 e. The van der Waals surface area contributed by atoms with Gasteiger partial charge in [0.15, 0.2) is 0 Å². The average Bonchev–Trinajstić information content (AvgIpc) is 2.88. The van der Waals surface area contributed by atoms with Gasteiger partial charge < -0.3 is 9.64 Å². The summed E-state index contributed by atoms with van der Waals surface area (Å²) < 4.78 is 5.43. The number of morpholine rings is 1. The van der Waals surface area contributed by atoms with E-state index < -0.39 is 0 Å². The van der Waals surface area contributed by atoms with E-state index >= 15 is 0 Å². The van der Waals surface area contributed by atoms with Crippen molar-refractivity contribution in [2.24, 2.45) is 11.8 Å². The van der Waals surface area contributed by atoms with Gasteiger partial charge in [0.2, 0.25) is 0 Å². The predicted molar refractivity (Wildman–Crippen MR) is 78.3 cm³/mol.